The fourth-order valence-electron chi connectivity index (χ4n) is 0.875. The molecule has 0 aromatic rings. The van der Waals surface area contributed by atoms with E-state index in [1.165, 1.54) is 0 Å². The Hall–Kier alpha value is -0.320. The topological polar surface area (TPSA) is 118 Å². The van der Waals surface area contributed by atoms with Crippen LogP contribution < -0.4 is 0 Å². The van der Waals surface area contributed by atoms with Crippen LogP contribution in [0.4, 0.5) is 0 Å². The van der Waals surface area contributed by atoms with Crippen LogP contribution in [0.1, 0.15) is 13.8 Å². The summed E-state index contributed by atoms with van der Waals surface area (Å²) < 4.78 is 19.9. The first kappa shape index (κ1) is 26.6. The number of hydrogen-bond donors (Lipinski definition) is 4. The molecular formula is C14H34O8. The van der Waals surface area contributed by atoms with Gasteiger partial charge in [-0.15, -0.1) is 0 Å². The Morgan fingerprint density at radius 2 is 0.773 bits per heavy atom. The van der Waals surface area contributed by atoms with E-state index < -0.39 is 0 Å². The largest absolute Gasteiger partial charge is 0.394 e. The Morgan fingerprint density at radius 1 is 0.455 bits per heavy atom. The zero-order chi connectivity index (χ0) is 17.3. The van der Waals surface area contributed by atoms with Gasteiger partial charge in [0.25, 0.3) is 0 Å². The van der Waals surface area contributed by atoms with E-state index in [0.29, 0.717) is 39.6 Å². The highest BCUT2D eigenvalue weighted by Crippen LogP contribution is 1.80. The Morgan fingerprint density at radius 3 is 0.955 bits per heavy atom. The van der Waals surface area contributed by atoms with Crippen molar-refractivity contribution in [3.63, 3.8) is 0 Å². The molecule has 0 amide bonds. The first-order valence-corrected chi connectivity index (χ1v) is 7.49. The molecule has 8 heteroatoms. The van der Waals surface area contributed by atoms with Crippen LogP contribution >= 0.6 is 0 Å². The van der Waals surface area contributed by atoms with Crippen molar-refractivity contribution in [2.24, 2.45) is 0 Å². The monoisotopic (exact) mass is 330 g/mol. The van der Waals surface area contributed by atoms with E-state index >= 15 is 0 Å². The first-order chi connectivity index (χ1) is 10.7. The maximum Gasteiger partial charge on any atom is 0.0701 e. The molecule has 0 aliphatic heterocycles. The van der Waals surface area contributed by atoms with Gasteiger partial charge in [-0.2, -0.15) is 0 Å². The van der Waals surface area contributed by atoms with Crippen LogP contribution in [0.3, 0.4) is 0 Å². The molecule has 0 spiro atoms. The van der Waals surface area contributed by atoms with Crippen molar-refractivity contribution in [1.82, 2.24) is 0 Å². The van der Waals surface area contributed by atoms with Crippen molar-refractivity contribution in [1.29, 1.82) is 0 Å². The Bertz CT molecular complexity index is 135. The van der Waals surface area contributed by atoms with Crippen molar-refractivity contribution in [3.8, 4) is 0 Å². The van der Waals surface area contributed by atoms with E-state index in [4.69, 9.17) is 39.4 Å². The van der Waals surface area contributed by atoms with Gasteiger partial charge in [0.2, 0.25) is 0 Å². The molecule has 0 aliphatic rings. The molecule has 0 heterocycles. The number of rotatable bonds is 13. The van der Waals surface area contributed by atoms with Crippen LogP contribution in [0.5, 0.6) is 0 Å². The van der Waals surface area contributed by atoms with Gasteiger partial charge >= 0.3 is 0 Å². The molecule has 0 fully saturated rings. The van der Waals surface area contributed by atoms with E-state index in [1.54, 1.807) is 0 Å². The second-order valence-electron chi connectivity index (χ2n) is 3.51. The van der Waals surface area contributed by atoms with Crippen molar-refractivity contribution in [2.75, 3.05) is 79.3 Å². The minimum atomic E-state index is -0.125. The maximum atomic E-state index is 8.36. The molecule has 0 aromatic carbocycles. The van der Waals surface area contributed by atoms with E-state index in [0.717, 1.165) is 13.2 Å². The lowest BCUT2D eigenvalue weighted by Gasteiger charge is -2.04. The van der Waals surface area contributed by atoms with Gasteiger partial charge in [-0.1, -0.05) is 0 Å². The SMILES string of the molecule is CCOCC.OCCO.OCCOCCOCCOCCO. The summed E-state index contributed by atoms with van der Waals surface area (Å²) in [6.07, 6.45) is 0. The van der Waals surface area contributed by atoms with Gasteiger partial charge in [0.05, 0.1) is 66.1 Å². The smallest absolute Gasteiger partial charge is 0.0701 e. The molecule has 0 aromatic heterocycles. The summed E-state index contributed by atoms with van der Waals surface area (Å²) in [5.74, 6) is 0. The van der Waals surface area contributed by atoms with Gasteiger partial charge < -0.3 is 39.4 Å². The summed E-state index contributed by atoms with van der Waals surface area (Å²) in [5.41, 5.74) is 0. The van der Waals surface area contributed by atoms with Crippen molar-refractivity contribution in [2.45, 2.75) is 13.8 Å². The van der Waals surface area contributed by atoms with Crippen LogP contribution in [0.25, 0.3) is 0 Å². The van der Waals surface area contributed by atoms with Crippen LogP contribution in [0, 0.1) is 0 Å². The molecular weight excluding hydrogens is 296 g/mol. The number of hydrogen-bond acceptors (Lipinski definition) is 8. The predicted molar refractivity (Wildman–Crippen MR) is 83.0 cm³/mol. The van der Waals surface area contributed by atoms with E-state index in [1.807, 2.05) is 13.8 Å². The first-order valence-electron chi connectivity index (χ1n) is 7.49. The van der Waals surface area contributed by atoms with Gasteiger partial charge in [-0.3, -0.25) is 0 Å². The van der Waals surface area contributed by atoms with E-state index in [9.17, 15) is 0 Å². The standard InChI is InChI=1S/C8H18O5.C4H10O.C2H6O2/c9-1-3-11-5-7-13-8-6-12-4-2-10;1-3-5-4-2;3-1-2-4/h9-10H,1-8H2;3-4H2,1-2H3;3-4H,1-2H2. The van der Waals surface area contributed by atoms with Gasteiger partial charge in [-0.25, -0.2) is 0 Å². The molecule has 22 heavy (non-hydrogen) atoms. The lowest BCUT2D eigenvalue weighted by Crippen LogP contribution is -2.11. The van der Waals surface area contributed by atoms with Crippen LogP contribution in [-0.2, 0) is 18.9 Å². The second-order valence-corrected chi connectivity index (χ2v) is 3.51. The third-order valence-corrected chi connectivity index (χ3v) is 1.72. The van der Waals surface area contributed by atoms with Crippen molar-refractivity contribution >= 4 is 0 Å². The summed E-state index contributed by atoms with van der Waals surface area (Å²) in [7, 11) is 0. The molecule has 0 rings (SSSR count). The molecule has 8 nitrogen and oxygen atoms in total. The Kier molecular flexibility index (Phi) is 39.3. The molecule has 0 radical (unpaired) electrons. The zero-order valence-electron chi connectivity index (χ0n) is 13.9. The normalized spacial score (nSPS) is 9.55. The summed E-state index contributed by atoms with van der Waals surface area (Å²) >= 11 is 0. The third kappa shape index (κ3) is 42.7. The van der Waals surface area contributed by atoms with Gasteiger partial charge in [-0.05, 0) is 13.8 Å². The third-order valence-electron chi connectivity index (χ3n) is 1.72. The molecule has 0 bridgehead atoms. The fraction of sp³-hybridized carbons (Fsp3) is 1.00. The Labute approximate surface area is 133 Å². The highest BCUT2D eigenvalue weighted by atomic mass is 16.5. The molecule has 0 atom stereocenters. The maximum absolute atomic E-state index is 8.36. The lowest BCUT2D eigenvalue weighted by molar-refractivity contribution is 0.00230. The second kappa shape index (κ2) is 32.6. The predicted octanol–water partition coefficient (Wildman–Crippen LogP) is -0.965. The highest BCUT2D eigenvalue weighted by Gasteiger charge is 1.89. The minimum Gasteiger partial charge on any atom is -0.394 e. The van der Waals surface area contributed by atoms with E-state index in [2.05, 4.69) is 0 Å². The van der Waals surface area contributed by atoms with Crippen molar-refractivity contribution in [3.05, 3.63) is 0 Å². The van der Waals surface area contributed by atoms with E-state index in [-0.39, 0.29) is 26.4 Å². The molecule has 0 saturated heterocycles. The fourth-order valence-corrected chi connectivity index (χ4v) is 0.875. The number of ether oxygens (including phenoxy) is 4. The summed E-state index contributed by atoms with van der Waals surface area (Å²) in [6, 6.07) is 0. The zero-order valence-corrected chi connectivity index (χ0v) is 13.9. The molecule has 0 unspecified atom stereocenters. The lowest BCUT2D eigenvalue weighted by atomic mass is 10.7. The average molecular weight is 330 g/mol. The molecule has 4 N–H and O–H groups in total. The number of aliphatic hydroxyl groups is 4. The Balaban J connectivity index is -0.000000330. The number of aliphatic hydroxyl groups excluding tert-OH is 4. The van der Waals surface area contributed by atoms with Crippen LogP contribution in [0.2, 0.25) is 0 Å². The van der Waals surface area contributed by atoms with Crippen molar-refractivity contribution < 1.29 is 39.4 Å². The highest BCUT2D eigenvalue weighted by molar-refractivity contribution is 4.33. The van der Waals surface area contributed by atoms with Gasteiger partial charge in [0, 0.05) is 13.2 Å². The quantitative estimate of drug-likeness (QED) is 0.319. The van der Waals surface area contributed by atoms with Gasteiger partial charge in [0.15, 0.2) is 0 Å². The average Bonchev–Trinajstić information content (AvgIpc) is 2.55. The van der Waals surface area contributed by atoms with Crippen LogP contribution in [-0.4, -0.2) is 99.7 Å². The summed E-state index contributed by atoms with van der Waals surface area (Å²) in [6.45, 7) is 8.18. The summed E-state index contributed by atoms with van der Waals surface area (Å²) in [4.78, 5) is 0. The molecule has 0 aliphatic carbocycles. The van der Waals surface area contributed by atoms with Gasteiger partial charge in [0.1, 0.15) is 0 Å². The molecule has 138 valence electrons. The molecule has 0 saturated carbocycles. The van der Waals surface area contributed by atoms with Crippen LogP contribution in [0.15, 0.2) is 0 Å². The minimum absolute atomic E-state index is 0.0413. The summed E-state index contributed by atoms with van der Waals surface area (Å²) in [5, 5.41) is 32.0.